The number of carbonyl (C=O) groups excluding carboxylic acids is 1. The summed E-state index contributed by atoms with van der Waals surface area (Å²) in [5, 5.41) is 22.9. The Kier molecular flexibility index (Phi) is 4.87. The predicted molar refractivity (Wildman–Crippen MR) is 92.7 cm³/mol. The number of benzene rings is 1. The summed E-state index contributed by atoms with van der Waals surface area (Å²) in [6, 6.07) is 4.56. The number of fused-ring (bicyclic) bond motifs is 1. The zero-order chi connectivity index (χ0) is 18.1. The van der Waals surface area contributed by atoms with E-state index < -0.39 is 6.10 Å². The predicted octanol–water partition coefficient (Wildman–Crippen LogP) is 1.95. The minimum atomic E-state index is -0.599. The molecule has 0 radical (unpaired) electrons. The van der Waals surface area contributed by atoms with Gasteiger partial charge in [-0.1, -0.05) is 0 Å². The molecule has 7 nitrogen and oxygen atoms in total. The summed E-state index contributed by atoms with van der Waals surface area (Å²) < 4.78 is 11.2. The number of likely N-dealkylation sites (tertiary alicyclic amines) is 1. The zero-order valence-corrected chi connectivity index (χ0v) is 14.7. The molecule has 3 N–H and O–H groups in total. The summed E-state index contributed by atoms with van der Waals surface area (Å²) in [6.07, 6.45) is -0.208. The Balaban J connectivity index is 1.79. The third-order valence-corrected chi connectivity index (χ3v) is 4.78. The van der Waals surface area contributed by atoms with Gasteiger partial charge in [-0.2, -0.15) is 0 Å². The van der Waals surface area contributed by atoms with E-state index in [1.165, 1.54) is 4.90 Å². The van der Waals surface area contributed by atoms with Gasteiger partial charge in [0.2, 0.25) is 0 Å². The van der Waals surface area contributed by atoms with Crippen LogP contribution in [0.15, 0.2) is 22.6 Å². The molecule has 7 heteroatoms. The lowest BCUT2D eigenvalue weighted by Gasteiger charge is -2.25. The number of rotatable bonds is 4. The molecule has 1 aromatic heterocycles. The third kappa shape index (κ3) is 3.29. The summed E-state index contributed by atoms with van der Waals surface area (Å²) in [5.74, 6) is 1.42. The smallest absolute Gasteiger partial charge is 0.318 e. The first-order chi connectivity index (χ1) is 11.9. The molecule has 3 atom stereocenters. The lowest BCUT2D eigenvalue weighted by Crippen LogP contribution is -2.45. The Labute approximate surface area is 146 Å². The second kappa shape index (κ2) is 6.93. The number of amides is 2. The molecule has 0 bridgehead atoms. The number of methoxy groups -OCH3 is 1. The van der Waals surface area contributed by atoms with Gasteiger partial charge in [0, 0.05) is 17.5 Å². The maximum atomic E-state index is 12.5. The Morgan fingerprint density at radius 3 is 2.96 bits per heavy atom. The third-order valence-electron chi connectivity index (χ3n) is 4.78. The molecule has 2 aromatic rings. The highest BCUT2D eigenvalue weighted by Crippen LogP contribution is 2.32. The molecule has 3 rings (SSSR count). The molecule has 0 saturated carbocycles. The van der Waals surface area contributed by atoms with Crippen molar-refractivity contribution in [3.8, 4) is 5.75 Å². The summed E-state index contributed by atoms with van der Waals surface area (Å²) >= 11 is 0. The van der Waals surface area contributed by atoms with E-state index in [0.717, 1.165) is 22.3 Å². The summed E-state index contributed by atoms with van der Waals surface area (Å²) in [4.78, 5) is 14.0. The molecule has 1 fully saturated rings. The van der Waals surface area contributed by atoms with Crippen LogP contribution in [0.1, 0.15) is 30.7 Å². The van der Waals surface area contributed by atoms with Crippen LogP contribution in [-0.2, 0) is 0 Å². The first-order valence-corrected chi connectivity index (χ1v) is 8.37. The Morgan fingerprint density at radius 2 is 2.28 bits per heavy atom. The van der Waals surface area contributed by atoms with Crippen LogP contribution in [0.4, 0.5) is 4.79 Å². The SMILES string of the molecule is COc1ccc2oc(C(C)NC(=O)N3C[C@@H](O)C[C@H]3CO)c(C)c2c1. The van der Waals surface area contributed by atoms with Crippen LogP contribution >= 0.6 is 0 Å². The van der Waals surface area contributed by atoms with Crippen molar-refractivity contribution in [2.24, 2.45) is 0 Å². The molecule has 1 unspecified atom stereocenters. The van der Waals surface area contributed by atoms with E-state index in [9.17, 15) is 15.0 Å². The average molecular weight is 348 g/mol. The van der Waals surface area contributed by atoms with Crippen molar-refractivity contribution >= 4 is 17.0 Å². The van der Waals surface area contributed by atoms with Crippen LogP contribution in [-0.4, -0.2) is 53.6 Å². The van der Waals surface area contributed by atoms with Crippen molar-refractivity contribution < 1.29 is 24.2 Å². The van der Waals surface area contributed by atoms with Crippen molar-refractivity contribution in [2.75, 3.05) is 20.3 Å². The van der Waals surface area contributed by atoms with E-state index in [0.29, 0.717) is 12.2 Å². The number of furan rings is 1. The second-order valence-corrected chi connectivity index (χ2v) is 6.50. The second-order valence-electron chi connectivity index (χ2n) is 6.50. The standard InChI is InChI=1S/C18H24N2O5/c1-10-15-7-14(24-3)4-5-16(15)25-17(10)11(2)19-18(23)20-8-13(22)6-12(20)9-21/h4-5,7,11-13,21-22H,6,8-9H2,1-3H3,(H,19,23)/t11?,12-,13-/m0/s1. The fraction of sp³-hybridized carbons (Fsp3) is 0.500. The molecule has 2 heterocycles. The lowest BCUT2D eigenvalue weighted by atomic mass is 10.1. The van der Waals surface area contributed by atoms with E-state index in [1.807, 2.05) is 32.0 Å². The summed E-state index contributed by atoms with van der Waals surface area (Å²) in [5.41, 5.74) is 1.68. The number of aliphatic hydroxyl groups excluding tert-OH is 2. The highest BCUT2D eigenvalue weighted by atomic mass is 16.5. The number of nitrogens with one attached hydrogen (secondary N) is 1. The summed E-state index contributed by atoms with van der Waals surface area (Å²) in [6.45, 7) is 3.85. The van der Waals surface area contributed by atoms with E-state index >= 15 is 0 Å². The number of carbonyl (C=O) groups is 1. The molecular weight excluding hydrogens is 324 g/mol. The van der Waals surface area contributed by atoms with Crippen LogP contribution in [0.2, 0.25) is 0 Å². The number of aryl methyl sites for hydroxylation is 1. The maximum absolute atomic E-state index is 12.5. The number of β-amino-alcohol motifs (C(OH)–C–C–N with tert-alkyl or cyclic N) is 1. The largest absolute Gasteiger partial charge is 0.497 e. The fourth-order valence-corrected chi connectivity index (χ4v) is 3.41. The van der Waals surface area contributed by atoms with E-state index in [1.54, 1.807) is 7.11 Å². The van der Waals surface area contributed by atoms with Crippen LogP contribution in [0.5, 0.6) is 5.75 Å². The molecular formula is C18H24N2O5. The molecule has 25 heavy (non-hydrogen) atoms. The van der Waals surface area contributed by atoms with Gasteiger partial charge in [0.15, 0.2) is 0 Å². The molecule has 1 saturated heterocycles. The normalized spacial score (nSPS) is 21.6. The van der Waals surface area contributed by atoms with Crippen LogP contribution in [0.3, 0.4) is 0 Å². The highest BCUT2D eigenvalue weighted by molar-refractivity contribution is 5.84. The van der Waals surface area contributed by atoms with Crippen molar-refractivity contribution in [2.45, 2.75) is 38.5 Å². The maximum Gasteiger partial charge on any atom is 0.318 e. The number of hydrogen-bond acceptors (Lipinski definition) is 5. The quantitative estimate of drug-likeness (QED) is 0.785. The van der Waals surface area contributed by atoms with Gasteiger partial charge in [-0.15, -0.1) is 0 Å². The van der Waals surface area contributed by atoms with E-state index in [-0.39, 0.29) is 31.3 Å². The van der Waals surface area contributed by atoms with Crippen molar-refractivity contribution in [3.05, 3.63) is 29.5 Å². The minimum absolute atomic E-state index is 0.164. The monoisotopic (exact) mass is 348 g/mol. The number of nitrogens with zero attached hydrogens (tertiary/aromatic N) is 1. The number of urea groups is 1. The number of aliphatic hydroxyl groups is 2. The van der Waals surface area contributed by atoms with Gasteiger partial charge in [0.25, 0.3) is 0 Å². The Morgan fingerprint density at radius 1 is 1.52 bits per heavy atom. The van der Waals surface area contributed by atoms with Gasteiger partial charge >= 0.3 is 6.03 Å². The van der Waals surface area contributed by atoms with Gasteiger partial charge < -0.3 is 29.6 Å². The van der Waals surface area contributed by atoms with Crippen LogP contribution in [0.25, 0.3) is 11.0 Å². The van der Waals surface area contributed by atoms with Gasteiger partial charge in [-0.25, -0.2) is 4.79 Å². The molecule has 2 amide bonds. The topological polar surface area (TPSA) is 95.2 Å². The van der Waals surface area contributed by atoms with Gasteiger partial charge in [0.05, 0.1) is 31.9 Å². The van der Waals surface area contributed by atoms with E-state index in [4.69, 9.17) is 9.15 Å². The highest BCUT2D eigenvalue weighted by Gasteiger charge is 2.34. The van der Waals surface area contributed by atoms with Gasteiger partial charge in [-0.3, -0.25) is 0 Å². The molecule has 1 aliphatic rings. The molecule has 136 valence electrons. The molecule has 1 aromatic carbocycles. The van der Waals surface area contributed by atoms with Crippen LogP contribution in [0, 0.1) is 6.92 Å². The van der Waals surface area contributed by atoms with Gasteiger partial charge in [0.1, 0.15) is 17.1 Å². The zero-order valence-electron chi connectivity index (χ0n) is 14.7. The van der Waals surface area contributed by atoms with Crippen molar-refractivity contribution in [1.82, 2.24) is 10.2 Å². The molecule has 0 aliphatic carbocycles. The lowest BCUT2D eigenvalue weighted by molar-refractivity contribution is 0.152. The number of hydrogen-bond donors (Lipinski definition) is 3. The molecule has 1 aliphatic heterocycles. The van der Waals surface area contributed by atoms with Gasteiger partial charge in [-0.05, 0) is 38.5 Å². The minimum Gasteiger partial charge on any atom is -0.497 e. The average Bonchev–Trinajstić information content (AvgIpc) is 3.14. The molecule has 0 spiro atoms. The van der Waals surface area contributed by atoms with Crippen LogP contribution < -0.4 is 10.1 Å². The van der Waals surface area contributed by atoms with Crippen molar-refractivity contribution in [1.29, 1.82) is 0 Å². The van der Waals surface area contributed by atoms with Crippen molar-refractivity contribution in [3.63, 3.8) is 0 Å². The Bertz CT molecular complexity index is 772. The summed E-state index contributed by atoms with van der Waals surface area (Å²) in [7, 11) is 1.61. The fourth-order valence-electron chi connectivity index (χ4n) is 3.41. The Hall–Kier alpha value is -2.25. The first kappa shape index (κ1) is 17.6. The van der Waals surface area contributed by atoms with E-state index in [2.05, 4.69) is 5.32 Å². The number of ether oxygens (including phenoxy) is 1. The first-order valence-electron chi connectivity index (χ1n) is 8.37.